The van der Waals surface area contributed by atoms with E-state index in [0.29, 0.717) is 38.5 Å². The summed E-state index contributed by atoms with van der Waals surface area (Å²) in [6, 6.07) is 0. The van der Waals surface area contributed by atoms with Gasteiger partial charge in [-0.25, -0.2) is 4.18 Å². The van der Waals surface area contributed by atoms with Crippen molar-refractivity contribution in [3.8, 4) is 0 Å². The van der Waals surface area contributed by atoms with E-state index in [9.17, 15) is 63.4 Å². The van der Waals surface area contributed by atoms with Gasteiger partial charge in [-0.2, -0.15) is 8.42 Å². The number of rotatable bonds is 15. The summed E-state index contributed by atoms with van der Waals surface area (Å²) in [7, 11) is -3.95. The number of hydrogen-bond acceptors (Lipinski definition) is 24. The SMILES string of the molecule is CO[C@@H]1[C@@H](O)[C@H](O[C@@H]2[C@@H](O)[C@H](O[C@@H]3CO[C@@H](O[C@H]4[C@H](O[C@H]5CC[C@]6(C)[C@H]7CC[C@]89C(=O)O[C@@](C)(/C=C\C=C(C)C)[C@H]8[C@@H](OC(C)=O)C[C@@]9(C)C7=CC[C@H]6C5(C)C)OC[C@@H](OS(=O)(=O)O)[C@@H]4O)[C@H](O)[C@H]3O)OC[C@H]2O)O[C@H](CO)[C@H]1O. The summed E-state index contributed by atoms with van der Waals surface area (Å²) in [4.78, 5) is 27.3. The minimum absolute atomic E-state index is 0.0203. The minimum atomic E-state index is -5.15. The van der Waals surface area contributed by atoms with Crippen LogP contribution in [0.3, 0.4) is 0 Å². The van der Waals surface area contributed by atoms with Gasteiger partial charge in [0.15, 0.2) is 25.2 Å². The van der Waals surface area contributed by atoms with Gasteiger partial charge >= 0.3 is 22.3 Å². The van der Waals surface area contributed by atoms with E-state index in [4.69, 9.17) is 56.3 Å². The highest BCUT2D eigenvalue weighted by Gasteiger charge is 2.79. The lowest BCUT2D eigenvalue weighted by Crippen LogP contribution is -2.64. The number of hydrogen-bond donors (Lipinski definition) is 9. The normalized spacial score (nSPS) is 49.2. The lowest BCUT2D eigenvalue weighted by Gasteiger charge is -2.63. The molecule has 454 valence electrons. The molecule has 9 N–H and O–H groups in total. The van der Waals surface area contributed by atoms with E-state index in [1.54, 1.807) is 0 Å². The molecule has 9 rings (SSSR count). The summed E-state index contributed by atoms with van der Waals surface area (Å²) in [5.41, 5.74) is -1.40. The topological polar surface area (TPSA) is 361 Å². The summed E-state index contributed by atoms with van der Waals surface area (Å²) in [5.74, 6) is -1.14. The number of fused-ring (bicyclic) bond motifs is 4. The maximum Gasteiger partial charge on any atom is 0.397 e. The molecular weight excluding hydrogens is 1080 g/mol. The van der Waals surface area contributed by atoms with Gasteiger partial charge in [0.2, 0.25) is 0 Å². The Labute approximate surface area is 465 Å². The minimum Gasteiger partial charge on any atom is -0.462 e. The molecule has 0 unspecified atom stereocenters. The molecule has 9 aliphatic rings. The van der Waals surface area contributed by atoms with Gasteiger partial charge in [0.05, 0.1) is 43.9 Å². The fourth-order valence-electron chi connectivity index (χ4n) is 15.6. The van der Waals surface area contributed by atoms with Gasteiger partial charge in [-0.05, 0) is 88.0 Å². The first-order valence-electron chi connectivity index (χ1n) is 27.6. The van der Waals surface area contributed by atoms with E-state index >= 15 is 0 Å². The van der Waals surface area contributed by atoms with E-state index in [1.807, 2.05) is 39.0 Å². The predicted molar refractivity (Wildman–Crippen MR) is 271 cm³/mol. The molecule has 26 heteroatoms. The number of allylic oxidation sites excluding steroid dienone is 5. The van der Waals surface area contributed by atoms with Crippen LogP contribution in [0.5, 0.6) is 0 Å². The number of carbonyl (C=O) groups is 2. The molecule has 0 aromatic rings. The van der Waals surface area contributed by atoms with Crippen LogP contribution >= 0.6 is 0 Å². The first kappa shape index (κ1) is 61.9. The second kappa shape index (κ2) is 23.0. The van der Waals surface area contributed by atoms with Crippen LogP contribution in [0.1, 0.15) is 93.9 Å². The molecule has 0 bridgehead atoms. The zero-order chi connectivity index (χ0) is 58.4. The first-order chi connectivity index (χ1) is 37.5. The van der Waals surface area contributed by atoms with E-state index in [2.05, 4.69) is 33.8 Å². The molecule has 0 aromatic carbocycles. The van der Waals surface area contributed by atoms with E-state index in [1.165, 1.54) is 14.0 Å². The number of aliphatic hydroxyl groups is 8. The van der Waals surface area contributed by atoms with Gasteiger partial charge in [0, 0.05) is 19.4 Å². The highest BCUT2D eigenvalue weighted by Crippen LogP contribution is 2.76. The standard InChI is InChI=1S/C54H82O25S/c1-24(2)11-10-16-53(8)44-29(72-25(3)56)19-52(7)27-12-13-33-50(4,5)34(15-17-51(33,6)26(27)14-18-54(44,52)49(64)78-53)75-48-43(37(60)32(23-71-48)79-80(65,66)67)77-45-38(61)35(58)31(22-70-45)74-46-39(62)41(28(57)21-69-46)76-47-40(63)42(68-9)36(59)30(20-55)73-47/h10-12,16,26,28-48,55,57-63H,13-15,17-23H2,1-9H3,(H,65,66,67)/b16-10-/t26-,28+,29-,30+,31+,32+,33-,34-,35-,36+,37-,38+,39+,40+,41-,42-,43+,44+,45-,46-,47-,48-,51+,52-,53-,54+/m0/s1. The number of carbonyl (C=O) groups excluding carboxylic acids is 2. The quantitative estimate of drug-likeness (QED) is 0.0451. The highest BCUT2D eigenvalue weighted by molar-refractivity contribution is 7.80. The summed E-state index contributed by atoms with van der Waals surface area (Å²) in [6.45, 7) is 13.5. The van der Waals surface area contributed by atoms with Crippen molar-refractivity contribution >= 4 is 22.3 Å². The Bertz CT molecular complexity index is 2470. The molecule has 8 fully saturated rings. The van der Waals surface area contributed by atoms with Crippen LogP contribution in [0, 0.1) is 39.4 Å². The summed E-state index contributed by atoms with van der Waals surface area (Å²) < 4.78 is 103. The van der Waals surface area contributed by atoms with Gasteiger partial charge in [-0.15, -0.1) is 0 Å². The Balaban J connectivity index is 0.900. The molecule has 80 heavy (non-hydrogen) atoms. The number of ether oxygens (including phenoxy) is 11. The maximum atomic E-state index is 14.6. The monoisotopic (exact) mass is 1160 g/mol. The van der Waals surface area contributed by atoms with Crippen LogP contribution in [0.15, 0.2) is 35.5 Å². The molecule has 1 spiro atoms. The number of esters is 2. The third-order valence-electron chi connectivity index (χ3n) is 19.4. The van der Waals surface area contributed by atoms with Crippen molar-refractivity contribution < 1.29 is 120 Å². The second-order valence-corrected chi connectivity index (χ2v) is 25.9. The average molecular weight is 1160 g/mol. The Morgan fingerprint density at radius 1 is 0.750 bits per heavy atom. The second-order valence-electron chi connectivity index (χ2n) is 24.8. The van der Waals surface area contributed by atoms with Crippen LogP contribution in [0.25, 0.3) is 0 Å². The molecule has 3 saturated carbocycles. The average Bonchev–Trinajstić information content (AvgIpc) is 3.78. The largest absolute Gasteiger partial charge is 0.462 e. The predicted octanol–water partition coefficient (Wildman–Crippen LogP) is 0.00740. The molecule has 25 nitrogen and oxygen atoms in total. The van der Waals surface area contributed by atoms with E-state index in [-0.39, 0.29) is 23.2 Å². The van der Waals surface area contributed by atoms with Crippen molar-refractivity contribution in [1.82, 2.24) is 0 Å². The smallest absolute Gasteiger partial charge is 0.397 e. The molecule has 5 aliphatic heterocycles. The first-order valence-corrected chi connectivity index (χ1v) is 28.9. The van der Waals surface area contributed by atoms with Gasteiger partial charge in [-0.3, -0.25) is 14.1 Å². The van der Waals surface area contributed by atoms with Gasteiger partial charge in [-0.1, -0.05) is 57.1 Å². The molecular formula is C54H82O25S. The van der Waals surface area contributed by atoms with Crippen molar-refractivity contribution in [2.75, 3.05) is 33.5 Å². The number of methoxy groups -OCH3 is 1. The van der Waals surface area contributed by atoms with Crippen molar-refractivity contribution in [2.24, 2.45) is 39.4 Å². The summed E-state index contributed by atoms with van der Waals surface area (Å²) >= 11 is 0. The Kier molecular flexibility index (Phi) is 17.8. The van der Waals surface area contributed by atoms with Crippen LogP contribution in [0.4, 0.5) is 0 Å². The van der Waals surface area contributed by atoms with Crippen molar-refractivity contribution in [3.63, 3.8) is 0 Å². The lowest BCUT2D eigenvalue weighted by atomic mass is 9.41. The fourth-order valence-corrected chi connectivity index (χ4v) is 16.1. The molecule has 0 aromatic heterocycles. The molecule has 0 amide bonds. The summed E-state index contributed by atoms with van der Waals surface area (Å²) in [5, 5.41) is 87.8. The van der Waals surface area contributed by atoms with E-state index < -0.39 is 187 Å². The third-order valence-corrected chi connectivity index (χ3v) is 19.9. The Morgan fingerprint density at radius 2 is 1.40 bits per heavy atom. The molecule has 5 saturated heterocycles. The van der Waals surface area contributed by atoms with Crippen molar-refractivity contribution in [1.29, 1.82) is 0 Å². The molecule has 5 heterocycles. The Hall–Kier alpha value is -2.65. The van der Waals surface area contributed by atoms with Gasteiger partial charge in [0.25, 0.3) is 0 Å². The Morgan fingerprint density at radius 3 is 2.06 bits per heavy atom. The lowest BCUT2D eigenvalue weighted by molar-refractivity contribution is -0.373. The number of cyclic esters (lactones) is 1. The molecule has 26 atom stereocenters. The zero-order valence-corrected chi connectivity index (χ0v) is 47.4. The molecule has 0 radical (unpaired) electrons. The van der Waals surface area contributed by atoms with E-state index in [0.717, 1.165) is 11.1 Å². The molecule has 4 aliphatic carbocycles. The highest BCUT2D eigenvalue weighted by atomic mass is 32.3. The zero-order valence-electron chi connectivity index (χ0n) is 46.5. The van der Waals surface area contributed by atoms with Gasteiger partial charge < -0.3 is 93.0 Å². The van der Waals surface area contributed by atoms with Crippen LogP contribution in [-0.4, -0.2) is 222 Å². The third kappa shape index (κ3) is 10.8. The van der Waals surface area contributed by atoms with Crippen LogP contribution < -0.4 is 0 Å². The van der Waals surface area contributed by atoms with Crippen molar-refractivity contribution in [3.05, 3.63) is 35.5 Å². The van der Waals surface area contributed by atoms with Crippen LogP contribution in [0.2, 0.25) is 0 Å². The van der Waals surface area contributed by atoms with Crippen molar-refractivity contribution in [2.45, 2.75) is 216 Å². The fraction of sp³-hybridized carbons (Fsp3) is 0.852. The van der Waals surface area contributed by atoms with Crippen LogP contribution in [-0.2, 0) is 76.3 Å². The van der Waals surface area contributed by atoms with Gasteiger partial charge in [0.1, 0.15) is 91.1 Å². The number of aliphatic hydroxyl groups excluding tert-OH is 8. The summed E-state index contributed by atoms with van der Waals surface area (Å²) in [6.07, 6.45) is -17.4. The maximum absolute atomic E-state index is 14.6.